The Morgan fingerprint density at radius 1 is 0.970 bits per heavy atom. The van der Waals surface area contributed by atoms with Gasteiger partial charge < -0.3 is 23.8 Å². The van der Waals surface area contributed by atoms with Gasteiger partial charge in [-0.05, 0) is 18.2 Å². The summed E-state index contributed by atoms with van der Waals surface area (Å²) in [5, 5.41) is 10.8. The maximum atomic E-state index is 13.3. The molecule has 2 aromatic rings. The Hall–Kier alpha value is -3.51. The van der Waals surface area contributed by atoms with Crippen molar-refractivity contribution >= 4 is 23.4 Å². The van der Waals surface area contributed by atoms with Gasteiger partial charge in [-0.3, -0.25) is 9.69 Å². The summed E-state index contributed by atoms with van der Waals surface area (Å²) in [5.41, 5.74) is 2.17. The summed E-state index contributed by atoms with van der Waals surface area (Å²) >= 11 is 1.47. The van der Waals surface area contributed by atoms with Gasteiger partial charge in [0.25, 0.3) is 0 Å². The normalized spacial score (nSPS) is 17.9. The molecule has 1 fully saturated rings. The Morgan fingerprint density at radius 3 is 2.30 bits per heavy atom. The number of carbonyl (C=O) groups excluding carboxylic acids is 1. The second kappa shape index (κ2) is 9.55. The standard InChI is InChI=1S/C24H25N3O5S/c1-29-19-8-6-5-7-18(19)26-13-27-23(28)10-15(17(12-25)24(27)33-14-26)16-9-21(31-3)22(32-4)11-20(16)30-2/h5-9,11,15H,10,13-14H2,1-4H3/t15-/m1/s1. The third kappa shape index (κ3) is 4.02. The number of amides is 1. The van der Waals surface area contributed by atoms with Crippen LogP contribution >= 0.6 is 11.8 Å². The van der Waals surface area contributed by atoms with Crippen LogP contribution in [-0.2, 0) is 4.79 Å². The Morgan fingerprint density at radius 2 is 1.64 bits per heavy atom. The topological polar surface area (TPSA) is 84.3 Å². The number of ether oxygens (including phenoxy) is 4. The minimum Gasteiger partial charge on any atom is -0.496 e. The lowest BCUT2D eigenvalue weighted by molar-refractivity contribution is -0.129. The molecule has 33 heavy (non-hydrogen) atoms. The van der Waals surface area contributed by atoms with Crippen molar-refractivity contribution in [2.75, 3.05) is 45.9 Å². The fourth-order valence-corrected chi connectivity index (χ4v) is 5.35. The second-order valence-corrected chi connectivity index (χ2v) is 8.42. The van der Waals surface area contributed by atoms with E-state index in [-0.39, 0.29) is 12.3 Å². The van der Waals surface area contributed by atoms with Crippen LogP contribution in [0.4, 0.5) is 5.69 Å². The van der Waals surface area contributed by atoms with Gasteiger partial charge in [0.2, 0.25) is 5.91 Å². The molecule has 1 saturated heterocycles. The van der Waals surface area contributed by atoms with Crippen molar-refractivity contribution in [3.05, 3.63) is 52.6 Å². The smallest absolute Gasteiger partial charge is 0.229 e. The lowest BCUT2D eigenvalue weighted by Gasteiger charge is -2.42. The maximum Gasteiger partial charge on any atom is 0.229 e. The first kappa shape index (κ1) is 22.7. The molecule has 1 amide bonds. The average Bonchev–Trinajstić information content (AvgIpc) is 2.87. The lowest BCUT2D eigenvalue weighted by Crippen LogP contribution is -2.47. The van der Waals surface area contributed by atoms with E-state index in [0.29, 0.717) is 40.4 Å². The van der Waals surface area contributed by atoms with Crippen LogP contribution in [0.3, 0.4) is 0 Å². The van der Waals surface area contributed by atoms with E-state index in [0.717, 1.165) is 17.0 Å². The highest BCUT2D eigenvalue weighted by Gasteiger charge is 2.40. The monoisotopic (exact) mass is 467 g/mol. The van der Waals surface area contributed by atoms with Gasteiger partial charge in [0, 0.05) is 24.0 Å². The van der Waals surface area contributed by atoms with Crippen molar-refractivity contribution in [3.8, 4) is 29.1 Å². The van der Waals surface area contributed by atoms with Crippen LogP contribution in [0.1, 0.15) is 17.9 Å². The number of hydrogen-bond acceptors (Lipinski definition) is 8. The highest BCUT2D eigenvalue weighted by atomic mass is 32.2. The summed E-state index contributed by atoms with van der Waals surface area (Å²) in [7, 11) is 6.28. The molecule has 0 aliphatic carbocycles. The van der Waals surface area contributed by atoms with E-state index in [1.807, 2.05) is 24.3 Å². The van der Waals surface area contributed by atoms with E-state index in [1.54, 1.807) is 45.5 Å². The number of hydrogen-bond donors (Lipinski definition) is 0. The van der Waals surface area contributed by atoms with E-state index in [4.69, 9.17) is 18.9 Å². The zero-order chi connectivity index (χ0) is 23.5. The van der Waals surface area contributed by atoms with Crippen LogP contribution in [-0.4, -0.2) is 51.8 Å². The van der Waals surface area contributed by atoms with Crippen molar-refractivity contribution in [2.24, 2.45) is 0 Å². The zero-order valence-electron chi connectivity index (χ0n) is 19.0. The van der Waals surface area contributed by atoms with Crippen LogP contribution in [0, 0.1) is 11.3 Å². The summed E-state index contributed by atoms with van der Waals surface area (Å²) in [6.45, 7) is 0.350. The number of para-hydroxylation sites is 2. The maximum absolute atomic E-state index is 13.3. The molecule has 0 aromatic heterocycles. The number of allylic oxidation sites excluding steroid dienone is 1. The molecule has 172 valence electrons. The number of carbonyl (C=O) groups is 1. The molecule has 0 unspecified atom stereocenters. The van der Waals surface area contributed by atoms with Gasteiger partial charge in [0.1, 0.15) is 11.5 Å². The van der Waals surface area contributed by atoms with Gasteiger partial charge in [-0.1, -0.05) is 23.9 Å². The molecule has 9 heteroatoms. The first-order valence-corrected chi connectivity index (χ1v) is 11.3. The van der Waals surface area contributed by atoms with Crippen molar-refractivity contribution in [1.82, 2.24) is 4.90 Å². The number of benzene rings is 2. The van der Waals surface area contributed by atoms with Crippen molar-refractivity contribution in [3.63, 3.8) is 0 Å². The minimum atomic E-state index is -0.436. The van der Waals surface area contributed by atoms with Crippen LogP contribution in [0.15, 0.2) is 47.0 Å². The molecule has 2 heterocycles. The quantitative estimate of drug-likeness (QED) is 0.632. The molecular weight excluding hydrogens is 442 g/mol. The summed E-state index contributed by atoms with van der Waals surface area (Å²) in [4.78, 5) is 17.0. The molecule has 0 saturated carbocycles. The molecule has 0 spiro atoms. The molecule has 2 aliphatic heterocycles. The second-order valence-electron chi connectivity index (χ2n) is 7.48. The van der Waals surface area contributed by atoms with E-state index in [2.05, 4.69) is 11.0 Å². The number of methoxy groups -OCH3 is 4. The molecule has 8 nitrogen and oxygen atoms in total. The molecular formula is C24H25N3O5S. The highest BCUT2D eigenvalue weighted by Crippen LogP contribution is 2.48. The molecule has 4 rings (SSSR count). The number of fused-ring (bicyclic) bond motifs is 1. The van der Waals surface area contributed by atoms with E-state index in [1.165, 1.54) is 11.8 Å². The fraction of sp³-hybridized carbons (Fsp3) is 0.333. The fourth-order valence-electron chi connectivity index (χ4n) is 4.20. The van der Waals surface area contributed by atoms with Crippen LogP contribution < -0.4 is 23.8 Å². The SMILES string of the molecule is COc1cc(OC)c([C@H]2CC(=O)N3CN(c4ccccc4OC)CSC3=C2C#N)cc1OC. The van der Waals surface area contributed by atoms with Crippen LogP contribution in [0.2, 0.25) is 0 Å². The molecule has 1 atom stereocenters. The summed E-state index contributed by atoms with van der Waals surface area (Å²) in [6.07, 6.45) is 0.151. The summed E-state index contributed by atoms with van der Waals surface area (Å²) < 4.78 is 21.9. The predicted octanol–water partition coefficient (Wildman–Crippen LogP) is 3.94. The van der Waals surface area contributed by atoms with Gasteiger partial charge in [-0.2, -0.15) is 5.26 Å². The van der Waals surface area contributed by atoms with E-state index < -0.39 is 5.92 Å². The van der Waals surface area contributed by atoms with Gasteiger partial charge >= 0.3 is 0 Å². The summed E-state index contributed by atoms with van der Waals surface area (Å²) in [6, 6.07) is 13.6. The first-order chi connectivity index (χ1) is 16.1. The number of anilines is 1. The minimum absolute atomic E-state index is 0.0575. The van der Waals surface area contributed by atoms with E-state index in [9.17, 15) is 10.1 Å². The third-order valence-electron chi connectivity index (χ3n) is 5.83. The van der Waals surface area contributed by atoms with Gasteiger partial charge in [-0.25, -0.2) is 0 Å². The highest BCUT2D eigenvalue weighted by molar-refractivity contribution is 8.03. The molecule has 0 bridgehead atoms. The molecule has 2 aromatic carbocycles. The Balaban J connectivity index is 1.73. The molecule has 0 radical (unpaired) electrons. The zero-order valence-corrected chi connectivity index (χ0v) is 19.8. The number of nitriles is 1. The van der Waals surface area contributed by atoms with Gasteiger partial charge in [0.05, 0.1) is 63.3 Å². The number of nitrogens with zero attached hydrogens (tertiary/aromatic N) is 3. The number of thioether (sulfide) groups is 1. The largest absolute Gasteiger partial charge is 0.496 e. The Labute approximate surface area is 197 Å². The summed E-state index contributed by atoms with van der Waals surface area (Å²) in [5.74, 6) is 2.41. The third-order valence-corrected chi connectivity index (χ3v) is 6.99. The lowest BCUT2D eigenvalue weighted by atomic mass is 9.85. The predicted molar refractivity (Wildman–Crippen MR) is 126 cm³/mol. The molecule has 2 aliphatic rings. The Bertz CT molecular complexity index is 1140. The first-order valence-electron chi connectivity index (χ1n) is 10.3. The van der Waals surface area contributed by atoms with Crippen molar-refractivity contribution in [2.45, 2.75) is 12.3 Å². The van der Waals surface area contributed by atoms with Crippen molar-refractivity contribution < 1.29 is 23.7 Å². The van der Waals surface area contributed by atoms with Crippen LogP contribution in [0.25, 0.3) is 0 Å². The molecule has 0 N–H and O–H groups in total. The Kier molecular flexibility index (Phi) is 6.56. The van der Waals surface area contributed by atoms with Gasteiger partial charge in [-0.15, -0.1) is 0 Å². The van der Waals surface area contributed by atoms with Crippen LogP contribution in [0.5, 0.6) is 23.0 Å². The average molecular weight is 468 g/mol. The van der Waals surface area contributed by atoms with Gasteiger partial charge in [0.15, 0.2) is 11.5 Å². The number of rotatable bonds is 6. The van der Waals surface area contributed by atoms with E-state index >= 15 is 0 Å². The van der Waals surface area contributed by atoms with Crippen molar-refractivity contribution in [1.29, 1.82) is 5.26 Å².